The molecule has 0 aliphatic carbocycles. The quantitative estimate of drug-likeness (QED) is 0.453. The summed E-state index contributed by atoms with van der Waals surface area (Å²) in [7, 11) is 1.50. The number of hydrogen-bond acceptors (Lipinski definition) is 7. The molecule has 0 unspecified atom stereocenters. The Kier molecular flexibility index (Phi) is 5.33. The number of nitrogens with one attached hydrogen (secondary N) is 1. The highest BCUT2D eigenvalue weighted by atomic mass is 35.5. The second-order valence-corrected chi connectivity index (χ2v) is 6.77. The minimum Gasteiger partial charge on any atom is -0.502 e. The van der Waals surface area contributed by atoms with Crippen LogP contribution in [0.1, 0.15) is 5.56 Å². The number of carbonyl (C=O) groups excluding carboxylic acids is 1. The van der Waals surface area contributed by atoms with Crippen molar-refractivity contribution in [3.8, 4) is 11.5 Å². The summed E-state index contributed by atoms with van der Waals surface area (Å²) in [4.78, 5) is 27.0. The van der Waals surface area contributed by atoms with Crippen LogP contribution in [-0.4, -0.2) is 28.2 Å². The lowest BCUT2D eigenvalue weighted by Gasteiger charge is -2.05. The van der Waals surface area contributed by atoms with Gasteiger partial charge in [-0.25, -0.2) is 4.99 Å². The van der Waals surface area contributed by atoms with Crippen LogP contribution in [0.4, 0.5) is 11.4 Å². The van der Waals surface area contributed by atoms with E-state index in [-0.39, 0.29) is 0 Å². The van der Waals surface area contributed by atoms with Gasteiger partial charge in [-0.2, -0.15) is 0 Å². The monoisotopic (exact) mass is 405 g/mol. The molecule has 0 radical (unpaired) electrons. The van der Waals surface area contributed by atoms with Crippen LogP contribution in [0.5, 0.6) is 11.5 Å². The van der Waals surface area contributed by atoms with Crippen molar-refractivity contribution in [2.75, 3.05) is 7.11 Å². The van der Waals surface area contributed by atoms with E-state index in [1.165, 1.54) is 31.4 Å². The molecule has 1 aliphatic heterocycles. The molecule has 1 heterocycles. The summed E-state index contributed by atoms with van der Waals surface area (Å²) in [6.45, 7) is 0. The molecule has 2 N–H and O–H groups in total. The number of nitro benzene ring substituents is 1. The van der Waals surface area contributed by atoms with Crippen molar-refractivity contribution in [2.45, 2.75) is 0 Å². The minimum atomic E-state index is -0.697. The standard InChI is InChI=1S/C17H12ClN3O5S/c1-26-14-5-3-10(18)8-11(14)19-17-20-16(23)15(27-17)7-9-2-4-13(22)12(6-9)21(24)25/h2-8,22H,1H3,(H,19,20,23)/b15-7-. The number of ether oxygens (including phenoxy) is 1. The van der Waals surface area contributed by atoms with Crippen LogP contribution in [0.3, 0.4) is 0 Å². The number of halogens is 1. The van der Waals surface area contributed by atoms with E-state index in [0.717, 1.165) is 11.8 Å². The van der Waals surface area contributed by atoms with Crippen LogP contribution < -0.4 is 10.1 Å². The lowest BCUT2D eigenvalue weighted by molar-refractivity contribution is -0.385. The maximum atomic E-state index is 12.2. The SMILES string of the molecule is COc1ccc(Cl)cc1N=C1NC(=O)/C(=C/c2ccc(O)c([N+](=O)[O-])c2)S1. The van der Waals surface area contributed by atoms with E-state index in [0.29, 0.717) is 32.1 Å². The van der Waals surface area contributed by atoms with Crippen molar-refractivity contribution in [2.24, 2.45) is 4.99 Å². The molecular weight excluding hydrogens is 394 g/mol. The van der Waals surface area contributed by atoms with Gasteiger partial charge in [0.2, 0.25) is 0 Å². The van der Waals surface area contributed by atoms with Gasteiger partial charge in [-0.1, -0.05) is 17.7 Å². The summed E-state index contributed by atoms with van der Waals surface area (Å²) in [6.07, 6.45) is 1.48. The molecule has 1 saturated heterocycles. The topological polar surface area (TPSA) is 114 Å². The molecule has 3 rings (SSSR count). The fraction of sp³-hybridized carbons (Fsp3) is 0.0588. The molecule has 0 atom stereocenters. The van der Waals surface area contributed by atoms with Crippen LogP contribution in [0.15, 0.2) is 46.3 Å². The van der Waals surface area contributed by atoms with E-state index >= 15 is 0 Å². The molecule has 0 saturated carbocycles. The molecule has 138 valence electrons. The number of aromatic hydroxyl groups is 1. The van der Waals surface area contributed by atoms with Gasteiger partial charge in [0.1, 0.15) is 11.4 Å². The Balaban J connectivity index is 1.90. The molecule has 1 fully saturated rings. The molecular formula is C17H12ClN3O5S. The Hall–Kier alpha value is -3.04. The Bertz CT molecular complexity index is 1010. The third kappa shape index (κ3) is 4.21. The van der Waals surface area contributed by atoms with E-state index < -0.39 is 22.3 Å². The number of amides is 1. The Morgan fingerprint density at radius 1 is 1.33 bits per heavy atom. The van der Waals surface area contributed by atoms with E-state index in [1.54, 1.807) is 18.2 Å². The molecule has 10 heteroatoms. The summed E-state index contributed by atoms with van der Waals surface area (Å²) in [5.41, 5.74) is 0.415. The molecule has 27 heavy (non-hydrogen) atoms. The number of methoxy groups -OCH3 is 1. The number of hydrogen-bond donors (Lipinski definition) is 2. The van der Waals surface area contributed by atoms with E-state index in [2.05, 4.69) is 10.3 Å². The summed E-state index contributed by atoms with van der Waals surface area (Å²) >= 11 is 7.04. The fourth-order valence-electron chi connectivity index (χ4n) is 2.27. The number of nitrogens with zero attached hydrogens (tertiary/aromatic N) is 2. The third-order valence-electron chi connectivity index (χ3n) is 3.51. The number of thioether (sulfide) groups is 1. The molecule has 1 aliphatic rings. The van der Waals surface area contributed by atoms with Gasteiger partial charge in [-0.05, 0) is 47.7 Å². The summed E-state index contributed by atoms with van der Waals surface area (Å²) < 4.78 is 5.22. The number of phenolic OH excluding ortho intramolecular Hbond substituents is 1. The first-order valence-electron chi connectivity index (χ1n) is 7.48. The van der Waals surface area contributed by atoms with E-state index in [1.807, 2.05) is 0 Å². The number of rotatable bonds is 4. The number of aliphatic imine (C=N–C) groups is 1. The first kappa shape index (κ1) is 18.7. The average molecular weight is 406 g/mol. The molecule has 0 spiro atoms. The Morgan fingerprint density at radius 2 is 2.11 bits per heavy atom. The van der Waals surface area contributed by atoms with E-state index in [9.17, 15) is 20.0 Å². The van der Waals surface area contributed by atoms with Gasteiger partial charge in [0.05, 0.1) is 16.9 Å². The van der Waals surface area contributed by atoms with Crippen molar-refractivity contribution < 1.29 is 19.6 Å². The van der Waals surface area contributed by atoms with Gasteiger partial charge >= 0.3 is 5.69 Å². The van der Waals surface area contributed by atoms with Crippen molar-refractivity contribution in [3.63, 3.8) is 0 Å². The molecule has 2 aromatic rings. The number of phenols is 1. The molecule has 2 aromatic carbocycles. The zero-order valence-electron chi connectivity index (χ0n) is 13.8. The van der Waals surface area contributed by atoms with Gasteiger partial charge in [0.15, 0.2) is 10.9 Å². The first-order chi connectivity index (χ1) is 12.9. The highest BCUT2D eigenvalue weighted by Gasteiger charge is 2.25. The predicted molar refractivity (Wildman–Crippen MR) is 104 cm³/mol. The largest absolute Gasteiger partial charge is 0.502 e. The number of amidine groups is 1. The van der Waals surface area contributed by atoms with Crippen molar-refractivity contribution >= 4 is 51.9 Å². The van der Waals surface area contributed by atoms with Crippen molar-refractivity contribution in [1.29, 1.82) is 0 Å². The lowest BCUT2D eigenvalue weighted by atomic mass is 10.1. The van der Waals surface area contributed by atoms with Gasteiger partial charge in [-0.15, -0.1) is 0 Å². The van der Waals surface area contributed by atoms with Gasteiger partial charge in [0, 0.05) is 11.1 Å². The van der Waals surface area contributed by atoms with Crippen LogP contribution in [0, 0.1) is 10.1 Å². The fourth-order valence-corrected chi connectivity index (χ4v) is 3.27. The summed E-state index contributed by atoms with van der Waals surface area (Å²) in [5, 5.41) is 23.8. The number of nitro groups is 1. The zero-order chi connectivity index (χ0) is 19.6. The third-order valence-corrected chi connectivity index (χ3v) is 4.65. The second-order valence-electron chi connectivity index (χ2n) is 5.30. The zero-order valence-corrected chi connectivity index (χ0v) is 15.4. The summed E-state index contributed by atoms with van der Waals surface area (Å²) in [6, 6.07) is 8.78. The molecule has 0 aromatic heterocycles. The van der Waals surface area contributed by atoms with Crippen LogP contribution >= 0.6 is 23.4 Å². The Labute approximate surface area is 162 Å². The average Bonchev–Trinajstić information content (AvgIpc) is 2.95. The smallest absolute Gasteiger partial charge is 0.311 e. The molecule has 8 nitrogen and oxygen atoms in total. The highest BCUT2D eigenvalue weighted by Crippen LogP contribution is 2.34. The van der Waals surface area contributed by atoms with Crippen molar-refractivity contribution in [1.82, 2.24) is 5.32 Å². The maximum absolute atomic E-state index is 12.2. The van der Waals surface area contributed by atoms with Crippen LogP contribution in [0.25, 0.3) is 6.08 Å². The number of carbonyl (C=O) groups is 1. The first-order valence-corrected chi connectivity index (χ1v) is 8.67. The highest BCUT2D eigenvalue weighted by molar-refractivity contribution is 8.18. The summed E-state index contributed by atoms with van der Waals surface area (Å²) in [5.74, 6) is -0.343. The van der Waals surface area contributed by atoms with Crippen molar-refractivity contribution in [3.05, 3.63) is 62.0 Å². The van der Waals surface area contributed by atoms with Gasteiger partial charge < -0.3 is 15.2 Å². The normalized spacial score (nSPS) is 16.6. The van der Waals surface area contributed by atoms with Gasteiger partial charge in [0.25, 0.3) is 5.91 Å². The van der Waals surface area contributed by atoms with Gasteiger partial charge in [-0.3, -0.25) is 14.9 Å². The predicted octanol–water partition coefficient (Wildman–Crippen LogP) is 3.85. The second kappa shape index (κ2) is 7.68. The Morgan fingerprint density at radius 3 is 2.81 bits per heavy atom. The lowest BCUT2D eigenvalue weighted by Crippen LogP contribution is -2.19. The minimum absolute atomic E-state index is 0.301. The van der Waals surface area contributed by atoms with E-state index in [4.69, 9.17) is 16.3 Å². The maximum Gasteiger partial charge on any atom is 0.311 e. The molecule has 1 amide bonds. The van der Waals surface area contributed by atoms with Crippen LogP contribution in [0.2, 0.25) is 5.02 Å². The number of benzene rings is 2. The molecule has 0 bridgehead atoms. The van der Waals surface area contributed by atoms with Crippen LogP contribution in [-0.2, 0) is 4.79 Å².